The third-order valence-corrected chi connectivity index (χ3v) is 3.52. The Morgan fingerprint density at radius 2 is 2.07 bits per heavy atom. The summed E-state index contributed by atoms with van der Waals surface area (Å²) in [4.78, 5) is 25.3. The lowest BCUT2D eigenvalue weighted by molar-refractivity contribution is -0.148. The molecule has 0 bridgehead atoms. The minimum atomic E-state index is -0.384. The van der Waals surface area contributed by atoms with Gasteiger partial charge in [-0.1, -0.05) is 0 Å². The van der Waals surface area contributed by atoms with Gasteiger partial charge in [-0.2, -0.15) is 0 Å². The Kier molecular flexibility index (Phi) is 2.24. The predicted molar refractivity (Wildman–Crippen MR) is 54.1 cm³/mol. The molecule has 2 aliphatic rings. The van der Waals surface area contributed by atoms with E-state index in [-0.39, 0.29) is 23.3 Å². The van der Waals surface area contributed by atoms with Gasteiger partial charge in [-0.3, -0.25) is 9.59 Å². The molecule has 2 rings (SSSR count). The Balaban J connectivity index is 2.23. The Morgan fingerprint density at radius 1 is 1.47 bits per heavy atom. The van der Waals surface area contributed by atoms with E-state index in [0.717, 1.165) is 12.8 Å². The van der Waals surface area contributed by atoms with Gasteiger partial charge in [0.25, 0.3) is 0 Å². The number of methoxy groups -OCH3 is 1. The van der Waals surface area contributed by atoms with E-state index in [1.54, 1.807) is 0 Å². The van der Waals surface area contributed by atoms with Crippen LogP contribution in [0, 0.1) is 5.92 Å². The summed E-state index contributed by atoms with van der Waals surface area (Å²) in [5, 5.41) is 0. The molecule has 0 N–H and O–H groups in total. The van der Waals surface area contributed by atoms with Crippen LogP contribution in [-0.2, 0) is 14.3 Å². The van der Waals surface area contributed by atoms with E-state index >= 15 is 0 Å². The Labute approximate surface area is 89.6 Å². The molecule has 1 aliphatic carbocycles. The van der Waals surface area contributed by atoms with Crippen LogP contribution < -0.4 is 0 Å². The second-order valence-electron chi connectivity index (χ2n) is 4.93. The average Bonchev–Trinajstić information content (AvgIpc) is 2.93. The van der Waals surface area contributed by atoms with Crippen molar-refractivity contribution in [2.75, 3.05) is 7.11 Å². The van der Waals surface area contributed by atoms with Crippen LogP contribution in [0.3, 0.4) is 0 Å². The van der Waals surface area contributed by atoms with Crippen LogP contribution in [0.1, 0.15) is 33.1 Å². The number of amides is 1. The fourth-order valence-electron chi connectivity index (χ4n) is 2.53. The Bertz CT molecular complexity index is 307. The van der Waals surface area contributed by atoms with Gasteiger partial charge >= 0.3 is 5.97 Å². The minimum Gasteiger partial charge on any atom is -0.469 e. The van der Waals surface area contributed by atoms with Crippen molar-refractivity contribution in [2.45, 2.75) is 44.7 Å². The molecule has 0 radical (unpaired) electrons. The highest BCUT2D eigenvalue weighted by atomic mass is 16.5. The fraction of sp³-hybridized carbons (Fsp3) is 0.818. The summed E-state index contributed by atoms with van der Waals surface area (Å²) in [6, 6.07) is 0.363. The van der Waals surface area contributed by atoms with Gasteiger partial charge < -0.3 is 9.64 Å². The first kappa shape index (κ1) is 10.5. The Morgan fingerprint density at radius 3 is 2.53 bits per heavy atom. The van der Waals surface area contributed by atoms with Crippen molar-refractivity contribution in [3.8, 4) is 0 Å². The molecule has 84 valence electrons. The molecule has 4 heteroatoms. The third-order valence-electron chi connectivity index (χ3n) is 3.52. The molecule has 1 saturated carbocycles. The van der Waals surface area contributed by atoms with Crippen molar-refractivity contribution in [1.29, 1.82) is 0 Å². The second kappa shape index (κ2) is 3.22. The standard InChI is InChI=1S/C11H17NO3/c1-11(2)8(10(14)15-3)6-9(13)12(11)7-4-5-7/h7-8H,4-6H2,1-3H3. The molecule has 1 saturated heterocycles. The topological polar surface area (TPSA) is 46.6 Å². The number of esters is 1. The third kappa shape index (κ3) is 1.52. The molecule has 1 unspecified atom stereocenters. The van der Waals surface area contributed by atoms with Gasteiger partial charge in [0.15, 0.2) is 0 Å². The molecular formula is C11H17NO3. The fourth-order valence-corrected chi connectivity index (χ4v) is 2.53. The van der Waals surface area contributed by atoms with Gasteiger partial charge in [0.2, 0.25) is 5.91 Å². The highest BCUT2D eigenvalue weighted by molar-refractivity contribution is 5.89. The zero-order chi connectivity index (χ0) is 11.2. The summed E-state index contributed by atoms with van der Waals surface area (Å²) in [6.07, 6.45) is 2.45. The van der Waals surface area contributed by atoms with E-state index in [0.29, 0.717) is 12.5 Å². The number of likely N-dealkylation sites (tertiary alicyclic amines) is 1. The zero-order valence-corrected chi connectivity index (χ0v) is 9.45. The molecule has 4 nitrogen and oxygen atoms in total. The molecule has 1 amide bonds. The van der Waals surface area contributed by atoms with Crippen molar-refractivity contribution in [3.63, 3.8) is 0 Å². The predicted octanol–water partition coefficient (Wildman–Crippen LogP) is 0.949. The van der Waals surface area contributed by atoms with Crippen LogP contribution in [0.2, 0.25) is 0 Å². The minimum absolute atomic E-state index is 0.0953. The first-order valence-corrected chi connectivity index (χ1v) is 5.38. The molecule has 0 aromatic heterocycles. The van der Waals surface area contributed by atoms with Gasteiger partial charge in [0.1, 0.15) is 0 Å². The van der Waals surface area contributed by atoms with Crippen molar-refractivity contribution < 1.29 is 14.3 Å². The van der Waals surface area contributed by atoms with Crippen LogP contribution in [0.4, 0.5) is 0 Å². The van der Waals surface area contributed by atoms with E-state index in [4.69, 9.17) is 4.74 Å². The lowest BCUT2D eigenvalue weighted by Gasteiger charge is -2.34. The highest BCUT2D eigenvalue weighted by Crippen LogP contribution is 2.43. The second-order valence-corrected chi connectivity index (χ2v) is 4.93. The number of nitrogens with zero attached hydrogens (tertiary/aromatic N) is 1. The van der Waals surface area contributed by atoms with Gasteiger partial charge in [-0.15, -0.1) is 0 Å². The summed E-state index contributed by atoms with van der Waals surface area (Å²) in [5.41, 5.74) is -0.384. The summed E-state index contributed by atoms with van der Waals surface area (Å²) in [6.45, 7) is 3.91. The molecular weight excluding hydrogens is 194 g/mol. The molecule has 2 fully saturated rings. The van der Waals surface area contributed by atoms with Crippen LogP contribution >= 0.6 is 0 Å². The summed E-state index contributed by atoms with van der Waals surface area (Å²) >= 11 is 0. The summed E-state index contributed by atoms with van der Waals surface area (Å²) in [7, 11) is 1.38. The monoisotopic (exact) mass is 211 g/mol. The maximum Gasteiger partial charge on any atom is 0.311 e. The number of ether oxygens (including phenoxy) is 1. The molecule has 0 aromatic rings. The largest absolute Gasteiger partial charge is 0.469 e. The zero-order valence-electron chi connectivity index (χ0n) is 9.45. The number of carbonyl (C=O) groups excluding carboxylic acids is 2. The van der Waals surface area contributed by atoms with Crippen LogP contribution in [0.15, 0.2) is 0 Å². The average molecular weight is 211 g/mol. The molecule has 1 aliphatic heterocycles. The van der Waals surface area contributed by atoms with Gasteiger partial charge in [-0.25, -0.2) is 0 Å². The number of carbonyl (C=O) groups is 2. The molecule has 1 heterocycles. The summed E-state index contributed by atoms with van der Waals surface area (Å²) < 4.78 is 4.75. The van der Waals surface area contributed by atoms with Crippen molar-refractivity contribution in [3.05, 3.63) is 0 Å². The van der Waals surface area contributed by atoms with E-state index < -0.39 is 0 Å². The van der Waals surface area contributed by atoms with Crippen molar-refractivity contribution in [2.24, 2.45) is 5.92 Å². The van der Waals surface area contributed by atoms with E-state index in [1.807, 2.05) is 18.7 Å². The lowest BCUT2D eigenvalue weighted by Crippen LogP contribution is -2.47. The van der Waals surface area contributed by atoms with Crippen LogP contribution in [0.5, 0.6) is 0 Å². The number of hydrogen-bond donors (Lipinski definition) is 0. The highest BCUT2D eigenvalue weighted by Gasteiger charge is 2.54. The summed E-state index contributed by atoms with van der Waals surface area (Å²) in [5.74, 6) is -0.481. The normalized spacial score (nSPS) is 29.4. The quantitative estimate of drug-likeness (QED) is 0.639. The number of rotatable bonds is 2. The van der Waals surface area contributed by atoms with Crippen molar-refractivity contribution in [1.82, 2.24) is 4.90 Å². The van der Waals surface area contributed by atoms with Gasteiger partial charge in [-0.05, 0) is 26.7 Å². The van der Waals surface area contributed by atoms with Crippen molar-refractivity contribution >= 4 is 11.9 Å². The number of hydrogen-bond acceptors (Lipinski definition) is 3. The van der Waals surface area contributed by atoms with E-state index in [1.165, 1.54) is 7.11 Å². The van der Waals surface area contributed by atoms with Crippen LogP contribution in [0.25, 0.3) is 0 Å². The molecule has 15 heavy (non-hydrogen) atoms. The Hall–Kier alpha value is -1.06. The molecule has 0 spiro atoms. The van der Waals surface area contributed by atoms with E-state index in [2.05, 4.69) is 0 Å². The smallest absolute Gasteiger partial charge is 0.311 e. The lowest BCUT2D eigenvalue weighted by atomic mass is 9.88. The first-order valence-electron chi connectivity index (χ1n) is 5.38. The van der Waals surface area contributed by atoms with Crippen LogP contribution in [-0.4, -0.2) is 35.5 Å². The first-order chi connectivity index (χ1) is 6.98. The maximum atomic E-state index is 11.8. The van der Waals surface area contributed by atoms with Gasteiger partial charge in [0, 0.05) is 12.5 Å². The molecule has 0 aromatic carbocycles. The SMILES string of the molecule is COC(=O)C1CC(=O)N(C2CC2)C1(C)C. The van der Waals surface area contributed by atoms with Gasteiger partial charge in [0.05, 0.1) is 18.6 Å². The maximum absolute atomic E-state index is 11.8. The molecule has 1 atom stereocenters. The van der Waals surface area contributed by atoms with E-state index in [9.17, 15) is 9.59 Å².